The minimum atomic E-state index is -0.920. The Balaban J connectivity index is 2.00. The molecule has 21 heavy (non-hydrogen) atoms. The molecule has 2 aromatic carbocycles. The lowest BCUT2D eigenvalue weighted by molar-refractivity contribution is 0.0699. The molecule has 0 saturated heterocycles. The molecule has 1 heterocycles. The van der Waals surface area contributed by atoms with E-state index in [2.05, 4.69) is 9.97 Å². The SMILES string of the molecule is O=C(O)c1cccc2cc(Cc3cc(Cl)ncn3)ccc12. The summed E-state index contributed by atoms with van der Waals surface area (Å²) in [6.45, 7) is 0. The normalized spacial score (nSPS) is 10.7. The Kier molecular flexibility index (Phi) is 3.54. The lowest BCUT2D eigenvalue weighted by Crippen LogP contribution is -1.98. The third-order valence-corrected chi connectivity index (χ3v) is 3.46. The summed E-state index contributed by atoms with van der Waals surface area (Å²) >= 11 is 5.85. The number of aromatic nitrogens is 2. The fourth-order valence-corrected chi connectivity index (χ4v) is 2.48. The molecule has 0 fully saturated rings. The predicted octanol–water partition coefficient (Wildman–Crippen LogP) is 3.57. The molecule has 3 aromatic rings. The number of carboxylic acid groups (broad SMARTS) is 1. The smallest absolute Gasteiger partial charge is 0.336 e. The average molecular weight is 299 g/mol. The zero-order chi connectivity index (χ0) is 14.8. The number of halogens is 1. The van der Waals surface area contributed by atoms with Crippen LogP contribution in [0.3, 0.4) is 0 Å². The molecule has 0 saturated carbocycles. The zero-order valence-electron chi connectivity index (χ0n) is 11.0. The van der Waals surface area contributed by atoms with Crippen LogP contribution in [-0.2, 0) is 6.42 Å². The van der Waals surface area contributed by atoms with Gasteiger partial charge in [0.25, 0.3) is 0 Å². The highest BCUT2D eigenvalue weighted by atomic mass is 35.5. The first kappa shape index (κ1) is 13.5. The first-order valence-corrected chi connectivity index (χ1v) is 6.72. The van der Waals surface area contributed by atoms with Crippen LogP contribution in [0.2, 0.25) is 5.15 Å². The molecule has 0 atom stereocenters. The summed E-state index contributed by atoms with van der Waals surface area (Å²) in [4.78, 5) is 19.2. The van der Waals surface area contributed by atoms with Crippen LogP contribution >= 0.6 is 11.6 Å². The van der Waals surface area contributed by atoms with Crippen molar-refractivity contribution in [3.05, 3.63) is 70.8 Å². The average Bonchev–Trinajstić information content (AvgIpc) is 2.46. The number of aromatic carboxylic acids is 1. The van der Waals surface area contributed by atoms with E-state index in [0.717, 1.165) is 22.0 Å². The van der Waals surface area contributed by atoms with E-state index in [1.807, 2.05) is 24.3 Å². The van der Waals surface area contributed by atoms with Gasteiger partial charge in [-0.2, -0.15) is 0 Å². The second-order valence-electron chi connectivity index (χ2n) is 4.68. The molecule has 1 N–H and O–H groups in total. The van der Waals surface area contributed by atoms with E-state index >= 15 is 0 Å². The van der Waals surface area contributed by atoms with E-state index in [9.17, 15) is 9.90 Å². The molecule has 0 spiro atoms. The van der Waals surface area contributed by atoms with Crippen molar-refractivity contribution in [2.45, 2.75) is 6.42 Å². The third kappa shape index (κ3) is 2.85. The van der Waals surface area contributed by atoms with Gasteiger partial charge in [0, 0.05) is 12.1 Å². The number of benzene rings is 2. The number of nitrogens with zero attached hydrogens (tertiary/aromatic N) is 2. The van der Waals surface area contributed by atoms with Crippen molar-refractivity contribution < 1.29 is 9.90 Å². The largest absolute Gasteiger partial charge is 0.478 e. The van der Waals surface area contributed by atoms with Crippen molar-refractivity contribution in [2.24, 2.45) is 0 Å². The monoisotopic (exact) mass is 298 g/mol. The first-order valence-electron chi connectivity index (χ1n) is 6.35. The van der Waals surface area contributed by atoms with Gasteiger partial charge >= 0.3 is 5.97 Å². The van der Waals surface area contributed by atoms with Gasteiger partial charge in [-0.05, 0) is 28.5 Å². The molecular weight excluding hydrogens is 288 g/mol. The van der Waals surface area contributed by atoms with Gasteiger partial charge in [0.05, 0.1) is 5.56 Å². The summed E-state index contributed by atoms with van der Waals surface area (Å²) in [6.07, 6.45) is 2.05. The van der Waals surface area contributed by atoms with Gasteiger partial charge in [-0.15, -0.1) is 0 Å². The van der Waals surface area contributed by atoms with Crippen LogP contribution in [0.25, 0.3) is 10.8 Å². The summed E-state index contributed by atoms with van der Waals surface area (Å²) in [7, 11) is 0. The van der Waals surface area contributed by atoms with Crippen LogP contribution in [0.15, 0.2) is 48.8 Å². The molecule has 1 aromatic heterocycles. The zero-order valence-corrected chi connectivity index (χ0v) is 11.7. The second kappa shape index (κ2) is 5.50. The van der Waals surface area contributed by atoms with E-state index in [1.165, 1.54) is 6.33 Å². The molecule has 0 aliphatic rings. The predicted molar refractivity (Wildman–Crippen MR) is 80.8 cm³/mol. The van der Waals surface area contributed by atoms with Gasteiger partial charge in [-0.25, -0.2) is 14.8 Å². The quantitative estimate of drug-likeness (QED) is 0.751. The van der Waals surface area contributed by atoms with Crippen molar-refractivity contribution in [3.63, 3.8) is 0 Å². The topological polar surface area (TPSA) is 63.1 Å². The van der Waals surface area contributed by atoms with Gasteiger partial charge < -0.3 is 5.11 Å². The van der Waals surface area contributed by atoms with Gasteiger partial charge in [0.2, 0.25) is 0 Å². The molecule has 3 rings (SSSR count). The van der Waals surface area contributed by atoms with Crippen LogP contribution in [0.5, 0.6) is 0 Å². The van der Waals surface area contributed by atoms with E-state index in [1.54, 1.807) is 18.2 Å². The fourth-order valence-electron chi connectivity index (χ4n) is 2.31. The van der Waals surface area contributed by atoms with E-state index in [0.29, 0.717) is 17.1 Å². The highest BCUT2D eigenvalue weighted by Crippen LogP contribution is 2.22. The van der Waals surface area contributed by atoms with Crippen molar-refractivity contribution in [1.82, 2.24) is 9.97 Å². The number of rotatable bonds is 3. The Morgan fingerprint density at radius 1 is 1.14 bits per heavy atom. The van der Waals surface area contributed by atoms with Gasteiger partial charge in [0.15, 0.2) is 0 Å². The Morgan fingerprint density at radius 2 is 2.00 bits per heavy atom. The fraction of sp³-hybridized carbons (Fsp3) is 0.0625. The summed E-state index contributed by atoms with van der Waals surface area (Å²) in [5.41, 5.74) is 2.17. The van der Waals surface area contributed by atoms with Crippen LogP contribution in [0.4, 0.5) is 0 Å². The molecular formula is C16H11ClN2O2. The molecule has 0 aliphatic heterocycles. The standard InChI is InChI=1S/C16H11ClN2O2/c17-15-8-12(18-9-19-15)7-10-4-5-13-11(6-10)2-1-3-14(13)16(20)21/h1-6,8-9H,7H2,(H,20,21). The highest BCUT2D eigenvalue weighted by Gasteiger charge is 2.08. The molecule has 0 radical (unpaired) electrons. The van der Waals surface area contributed by atoms with Crippen molar-refractivity contribution in [2.75, 3.05) is 0 Å². The van der Waals surface area contributed by atoms with Gasteiger partial charge in [0.1, 0.15) is 11.5 Å². The molecule has 5 heteroatoms. The first-order chi connectivity index (χ1) is 10.1. The lowest BCUT2D eigenvalue weighted by Gasteiger charge is -2.06. The van der Waals surface area contributed by atoms with Crippen LogP contribution < -0.4 is 0 Å². The van der Waals surface area contributed by atoms with E-state index < -0.39 is 5.97 Å². The number of carboxylic acids is 1. The third-order valence-electron chi connectivity index (χ3n) is 3.25. The van der Waals surface area contributed by atoms with Crippen molar-refractivity contribution in [1.29, 1.82) is 0 Å². The van der Waals surface area contributed by atoms with E-state index in [4.69, 9.17) is 11.6 Å². The maximum absolute atomic E-state index is 11.2. The Labute approximate surface area is 126 Å². The van der Waals surface area contributed by atoms with Crippen LogP contribution in [0, 0.1) is 0 Å². The molecule has 0 bridgehead atoms. The summed E-state index contributed by atoms with van der Waals surface area (Å²) in [5, 5.41) is 11.2. The second-order valence-corrected chi connectivity index (χ2v) is 5.06. The number of carbonyl (C=O) groups is 1. The number of hydrogen-bond donors (Lipinski definition) is 1. The minimum absolute atomic E-state index is 0.309. The minimum Gasteiger partial charge on any atom is -0.478 e. The van der Waals surface area contributed by atoms with E-state index in [-0.39, 0.29) is 0 Å². The number of fused-ring (bicyclic) bond motifs is 1. The van der Waals surface area contributed by atoms with Crippen LogP contribution in [0.1, 0.15) is 21.6 Å². The molecule has 0 unspecified atom stereocenters. The van der Waals surface area contributed by atoms with Crippen LogP contribution in [-0.4, -0.2) is 21.0 Å². The molecule has 0 aliphatic carbocycles. The van der Waals surface area contributed by atoms with Gasteiger partial charge in [-0.3, -0.25) is 0 Å². The molecule has 0 amide bonds. The summed E-state index contributed by atoms with van der Waals surface area (Å²) in [5.74, 6) is -0.920. The Bertz CT molecular complexity index is 833. The maximum atomic E-state index is 11.2. The Morgan fingerprint density at radius 3 is 2.76 bits per heavy atom. The highest BCUT2D eigenvalue weighted by molar-refractivity contribution is 6.29. The number of hydrogen-bond acceptors (Lipinski definition) is 3. The maximum Gasteiger partial charge on any atom is 0.336 e. The van der Waals surface area contributed by atoms with Gasteiger partial charge in [-0.1, -0.05) is 41.9 Å². The Hall–Kier alpha value is -2.46. The summed E-state index contributed by atoms with van der Waals surface area (Å²) in [6, 6.07) is 12.7. The lowest BCUT2D eigenvalue weighted by atomic mass is 10.00. The molecule has 4 nitrogen and oxygen atoms in total. The molecule has 104 valence electrons. The summed E-state index contributed by atoms with van der Waals surface area (Å²) < 4.78 is 0. The van der Waals surface area contributed by atoms with Crippen molar-refractivity contribution >= 4 is 28.3 Å². The van der Waals surface area contributed by atoms with Crippen molar-refractivity contribution in [3.8, 4) is 0 Å².